The molecule has 2 aromatic carbocycles. The predicted molar refractivity (Wildman–Crippen MR) is 114 cm³/mol. The van der Waals surface area contributed by atoms with Gasteiger partial charge >= 0.3 is 0 Å². The molecule has 27 heavy (non-hydrogen) atoms. The molecule has 0 saturated heterocycles. The summed E-state index contributed by atoms with van der Waals surface area (Å²) in [6.07, 6.45) is 0. The van der Waals surface area contributed by atoms with Crippen molar-refractivity contribution in [3.8, 4) is 11.8 Å². The van der Waals surface area contributed by atoms with Gasteiger partial charge in [-0.3, -0.25) is 4.99 Å². The minimum Gasteiger partial charge on any atom is -0.386 e. The molecule has 4 nitrogen and oxygen atoms in total. The maximum Gasteiger partial charge on any atom is 0.162 e. The molecule has 4 rings (SSSR count). The molecule has 1 aliphatic heterocycles. The molecule has 3 aromatic rings. The number of nitrogens with two attached hydrogens (primary N) is 1. The van der Waals surface area contributed by atoms with Gasteiger partial charge in [0.15, 0.2) is 9.84 Å². The van der Waals surface area contributed by atoms with E-state index in [1.54, 1.807) is 18.3 Å². The van der Waals surface area contributed by atoms with Crippen LogP contribution in [-0.2, 0) is 15.4 Å². The summed E-state index contributed by atoms with van der Waals surface area (Å²) in [5.41, 5.74) is 6.92. The summed E-state index contributed by atoms with van der Waals surface area (Å²) in [4.78, 5) is 4.58. The van der Waals surface area contributed by atoms with Gasteiger partial charge in [0.2, 0.25) is 0 Å². The Balaban J connectivity index is 1.93. The largest absolute Gasteiger partial charge is 0.386 e. The van der Waals surface area contributed by atoms with Crippen molar-refractivity contribution in [3.63, 3.8) is 0 Å². The van der Waals surface area contributed by atoms with Crippen molar-refractivity contribution in [2.45, 2.75) is 31.6 Å². The number of sulfone groups is 1. The van der Waals surface area contributed by atoms with Crippen LogP contribution in [0.15, 0.2) is 41.4 Å². The van der Waals surface area contributed by atoms with Crippen LogP contribution in [0.4, 0.5) is 0 Å². The van der Waals surface area contributed by atoms with E-state index in [1.807, 2.05) is 32.0 Å². The quantitative estimate of drug-likeness (QED) is 0.636. The van der Waals surface area contributed by atoms with Crippen molar-refractivity contribution < 1.29 is 8.42 Å². The molecule has 1 aromatic heterocycles. The normalized spacial score (nSPS) is 24.4. The molecular formula is C21H20N2O2S2. The third-order valence-corrected chi connectivity index (χ3v) is 8.61. The van der Waals surface area contributed by atoms with Crippen molar-refractivity contribution in [1.29, 1.82) is 0 Å². The standard InChI is InChI=1S/C21H20N2O2S2/c1-4-5-14-6-8-18-16(10-14)17-11-15(7-9-19(17)26-18)21(3)12-27(24,25)13(2)20(22)23-21/h6-11,13H,12H2,1-3H3,(H2,22,23)/t13-,21-/m0/s1. The van der Waals surface area contributed by atoms with E-state index in [2.05, 4.69) is 35.0 Å². The van der Waals surface area contributed by atoms with Gasteiger partial charge in [-0.15, -0.1) is 17.3 Å². The second-order valence-corrected chi connectivity index (χ2v) is 10.6. The summed E-state index contributed by atoms with van der Waals surface area (Å²) in [6.45, 7) is 5.26. The highest BCUT2D eigenvalue weighted by Crippen LogP contribution is 2.39. The SMILES string of the molecule is CC#Cc1ccc2sc3ccc([C@]4(C)CS(=O)(=O)[C@@H](C)C(N)=N4)cc3c2c1. The zero-order valence-electron chi connectivity index (χ0n) is 15.4. The van der Waals surface area contributed by atoms with Gasteiger partial charge in [0.05, 0.1) is 11.3 Å². The first-order valence-corrected chi connectivity index (χ1v) is 11.2. The number of benzene rings is 2. The van der Waals surface area contributed by atoms with E-state index in [-0.39, 0.29) is 11.6 Å². The topological polar surface area (TPSA) is 72.5 Å². The number of hydrogen-bond acceptors (Lipinski definition) is 5. The van der Waals surface area contributed by atoms with Crippen LogP contribution in [-0.4, -0.2) is 25.3 Å². The minimum absolute atomic E-state index is 0.0397. The Morgan fingerprint density at radius 1 is 1.19 bits per heavy atom. The first-order valence-electron chi connectivity index (χ1n) is 8.70. The predicted octanol–water partition coefficient (Wildman–Crippen LogP) is 3.82. The third-order valence-electron chi connectivity index (χ3n) is 5.17. The van der Waals surface area contributed by atoms with E-state index in [0.717, 1.165) is 26.6 Å². The van der Waals surface area contributed by atoms with Gasteiger partial charge in [0.1, 0.15) is 11.1 Å². The Kier molecular flexibility index (Phi) is 4.06. The number of aliphatic imine (C=N–C) groups is 1. The lowest BCUT2D eigenvalue weighted by Gasteiger charge is -2.32. The Morgan fingerprint density at radius 3 is 2.52 bits per heavy atom. The number of fused-ring (bicyclic) bond motifs is 3. The van der Waals surface area contributed by atoms with Crippen molar-refractivity contribution in [3.05, 3.63) is 47.5 Å². The van der Waals surface area contributed by atoms with Crippen molar-refractivity contribution in [2.24, 2.45) is 10.7 Å². The van der Waals surface area contributed by atoms with Crippen LogP contribution in [0.3, 0.4) is 0 Å². The van der Waals surface area contributed by atoms with Gasteiger partial charge in [-0.1, -0.05) is 12.0 Å². The van der Waals surface area contributed by atoms with Crippen LogP contribution in [0.5, 0.6) is 0 Å². The first kappa shape index (κ1) is 18.0. The van der Waals surface area contributed by atoms with Crippen molar-refractivity contribution in [2.75, 3.05) is 5.75 Å². The molecule has 2 N–H and O–H groups in total. The highest BCUT2D eigenvalue weighted by Gasteiger charge is 2.41. The molecule has 0 fully saturated rings. The molecule has 0 saturated carbocycles. The summed E-state index contributed by atoms with van der Waals surface area (Å²) < 4.78 is 27.4. The van der Waals surface area contributed by atoms with E-state index >= 15 is 0 Å². The molecule has 1 aliphatic rings. The van der Waals surface area contributed by atoms with Gasteiger partial charge in [0, 0.05) is 25.7 Å². The minimum atomic E-state index is -3.33. The Morgan fingerprint density at radius 2 is 1.85 bits per heavy atom. The molecule has 0 spiro atoms. The number of rotatable bonds is 1. The number of nitrogens with zero attached hydrogens (tertiary/aromatic N) is 1. The van der Waals surface area contributed by atoms with Crippen molar-refractivity contribution >= 4 is 47.2 Å². The fourth-order valence-corrected chi connectivity index (χ4v) is 6.34. The molecule has 2 atom stereocenters. The lowest BCUT2D eigenvalue weighted by Crippen LogP contribution is -2.47. The van der Waals surface area contributed by atoms with Crippen LogP contribution >= 0.6 is 11.3 Å². The van der Waals surface area contributed by atoms with Crippen LogP contribution < -0.4 is 5.73 Å². The Labute approximate surface area is 163 Å². The molecule has 2 heterocycles. The second-order valence-electron chi connectivity index (χ2n) is 7.16. The summed E-state index contributed by atoms with van der Waals surface area (Å²) in [7, 11) is -3.33. The maximum atomic E-state index is 12.5. The lowest BCUT2D eigenvalue weighted by atomic mass is 9.93. The second kappa shape index (κ2) is 6.08. The van der Waals surface area contributed by atoms with Crippen LogP contribution in [0, 0.1) is 11.8 Å². The average Bonchev–Trinajstić information content (AvgIpc) is 2.97. The summed E-state index contributed by atoms with van der Waals surface area (Å²) in [5, 5.41) is 1.49. The zero-order chi connectivity index (χ0) is 19.4. The molecular weight excluding hydrogens is 376 g/mol. The first-order chi connectivity index (χ1) is 12.7. The Bertz CT molecular complexity index is 1280. The van der Waals surface area contributed by atoms with Gasteiger partial charge in [0.25, 0.3) is 0 Å². The monoisotopic (exact) mass is 396 g/mol. The third kappa shape index (κ3) is 2.91. The molecule has 6 heteroatoms. The molecule has 0 amide bonds. The zero-order valence-corrected chi connectivity index (χ0v) is 17.0. The van der Waals surface area contributed by atoms with E-state index in [9.17, 15) is 8.42 Å². The van der Waals surface area contributed by atoms with Crippen LogP contribution in [0.1, 0.15) is 31.9 Å². The van der Waals surface area contributed by atoms with Crippen LogP contribution in [0.25, 0.3) is 20.2 Å². The molecule has 0 radical (unpaired) electrons. The molecule has 0 unspecified atom stereocenters. The number of amidine groups is 1. The van der Waals surface area contributed by atoms with Gasteiger partial charge < -0.3 is 5.73 Å². The van der Waals surface area contributed by atoms with Gasteiger partial charge in [-0.25, -0.2) is 8.42 Å². The van der Waals surface area contributed by atoms with Gasteiger partial charge in [-0.2, -0.15) is 0 Å². The summed E-state index contributed by atoms with van der Waals surface area (Å²) in [6, 6.07) is 12.3. The maximum absolute atomic E-state index is 12.5. The van der Waals surface area contributed by atoms with Gasteiger partial charge in [-0.05, 0) is 56.7 Å². The molecule has 0 bridgehead atoms. The van der Waals surface area contributed by atoms with E-state index in [1.165, 1.54) is 4.70 Å². The number of thiophene rings is 1. The summed E-state index contributed by atoms with van der Waals surface area (Å²) in [5.74, 6) is 6.17. The smallest absolute Gasteiger partial charge is 0.162 e. The molecule has 0 aliphatic carbocycles. The average molecular weight is 397 g/mol. The Hall–Kier alpha value is -2.36. The molecule has 138 valence electrons. The highest BCUT2D eigenvalue weighted by atomic mass is 32.2. The highest BCUT2D eigenvalue weighted by molar-refractivity contribution is 7.92. The van der Waals surface area contributed by atoms with E-state index in [0.29, 0.717) is 0 Å². The fourth-order valence-electron chi connectivity index (χ4n) is 3.59. The van der Waals surface area contributed by atoms with E-state index < -0.39 is 20.6 Å². The van der Waals surface area contributed by atoms with E-state index in [4.69, 9.17) is 5.73 Å². The number of hydrogen-bond donors (Lipinski definition) is 1. The van der Waals surface area contributed by atoms with Crippen molar-refractivity contribution in [1.82, 2.24) is 0 Å². The fraction of sp³-hybridized carbons (Fsp3) is 0.286. The van der Waals surface area contributed by atoms with Crippen LogP contribution in [0.2, 0.25) is 0 Å². The lowest BCUT2D eigenvalue weighted by molar-refractivity contribution is 0.517. The summed E-state index contributed by atoms with van der Waals surface area (Å²) >= 11 is 1.72.